The van der Waals surface area contributed by atoms with Crippen LogP contribution in [0, 0.1) is 0 Å². The maximum absolute atomic E-state index is 10.4. The van der Waals surface area contributed by atoms with E-state index >= 15 is 0 Å². The molecule has 0 heterocycles. The molecule has 5 N–H and O–H groups in total. The first-order chi connectivity index (χ1) is 5.52. The Kier molecular flexibility index (Phi) is 1.78. The fourth-order valence-electron chi connectivity index (χ4n) is 0.804. The van der Waals surface area contributed by atoms with E-state index in [9.17, 15) is 4.79 Å². The summed E-state index contributed by atoms with van der Waals surface area (Å²) >= 11 is 0. The first-order valence-electron chi connectivity index (χ1n) is 3.07. The Morgan fingerprint density at radius 1 is 1.33 bits per heavy atom. The van der Waals surface area contributed by atoms with Crippen LogP contribution in [-0.4, -0.2) is 21.3 Å². The van der Waals surface area contributed by atoms with Crippen molar-refractivity contribution in [2.75, 3.05) is 5.73 Å². The molecule has 0 amide bonds. The van der Waals surface area contributed by atoms with E-state index in [1.807, 2.05) is 0 Å². The highest BCUT2D eigenvalue weighted by molar-refractivity contribution is 5.93. The van der Waals surface area contributed by atoms with Crippen molar-refractivity contribution in [3.63, 3.8) is 0 Å². The topological polar surface area (TPSA) is 104 Å². The minimum absolute atomic E-state index is 0.0858. The van der Waals surface area contributed by atoms with Crippen molar-refractivity contribution < 1.29 is 20.1 Å². The Labute approximate surface area is 67.7 Å². The lowest BCUT2D eigenvalue weighted by atomic mass is 10.1. The van der Waals surface area contributed by atoms with Gasteiger partial charge in [-0.25, -0.2) is 4.79 Å². The number of benzene rings is 1. The van der Waals surface area contributed by atoms with E-state index in [0.29, 0.717) is 0 Å². The number of aromatic hydroxyl groups is 2. The molecule has 0 atom stereocenters. The number of carboxylic acids is 1. The number of hydrogen-bond acceptors (Lipinski definition) is 4. The van der Waals surface area contributed by atoms with Crippen molar-refractivity contribution in [2.24, 2.45) is 0 Å². The smallest absolute Gasteiger partial charge is 0.339 e. The predicted octanol–water partition coefficient (Wildman–Crippen LogP) is 0.378. The number of hydrogen-bond donors (Lipinski definition) is 4. The molecule has 0 aliphatic rings. The van der Waals surface area contributed by atoms with Crippen molar-refractivity contribution in [2.45, 2.75) is 0 Å². The number of rotatable bonds is 1. The largest absolute Gasteiger partial charge is 0.504 e. The van der Waals surface area contributed by atoms with Gasteiger partial charge in [-0.1, -0.05) is 0 Å². The van der Waals surface area contributed by atoms with E-state index < -0.39 is 23.0 Å². The summed E-state index contributed by atoms with van der Waals surface area (Å²) in [6.07, 6.45) is 0. The molecule has 0 aliphatic heterocycles. The minimum atomic E-state index is -1.34. The van der Waals surface area contributed by atoms with E-state index in [1.165, 1.54) is 0 Å². The summed E-state index contributed by atoms with van der Waals surface area (Å²) in [6, 6.07) is 2.14. The van der Waals surface area contributed by atoms with Crippen LogP contribution in [0.4, 0.5) is 5.69 Å². The van der Waals surface area contributed by atoms with Crippen LogP contribution in [0.15, 0.2) is 12.1 Å². The van der Waals surface area contributed by atoms with Crippen molar-refractivity contribution >= 4 is 11.7 Å². The fourth-order valence-corrected chi connectivity index (χ4v) is 0.804. The van der Waals surface area contributed by atoms with Gasteiger partial charge in [-0.2, -0.15) is 0 Å². The van der Waals surface area contributed by atoms with Crippen LogP contribution in [0.25, 0.3) is 0 Å². The first-order valence-corrected chi connectivity index (χ1v) is 3.07. The first kappa shape index (κ1) is 8.19. The van der Waals surface area contributed by atoms with E-state index in [2.05, 4.69) is 0 Å². The third kappa shape index (κ3) is 1.24. The van der Waals surface area contributed by atoms with Gasteiger partial charge in [0.1, 0.15) is 5.56 Å². The van der Waals surface area contributed by atoms with Gasteiger partial charge in [0.25, 0.3) is 0 Å². The molecule has 0 saturated carbocycles. The Bertz CT molecular complexity index is 334. The van der Waals surface area contributed by atoms with Gasteiger partial charge in [0.15, 0.2) is 11.5 Å². The van der Waals surface area contributed by atoms with E-state index in [-0.39, 0.29) is 5.69 Å². The summed E-state index contributed by atoms with van der Waals surface area (Å²) < 4.78 is 0. The van der Waals surface area contributed by atoms with Crippen LogP contribution >= 0.6 is 0 Å². The third-order valence-electron chi connectivity index (χ3n) is 1.34. The second-order valence-corrected chi connectivity index (χ2v) is 2.24. The van der Waals surface area contributed by atoms with Gasteiger partial charge in [-0.3, -0.25) is 0 Å². The van der Waals surface area contributed by atoms with Gasteiger partial charge < -0.3 is 21.1 Å². The number of aromatic carboxylic acids is 1. The molecule has 64 valence electrons. The summed E-state index contributed by atoms with van der Waals surface area (Å²) in [4.78, 5) is 10.4. The zero-order valence-electron chi connectivity index (χ0n) is 5.98. The maximum Gasteiger partial charge on any atom is 0.339 e. The van der Waals surface area contributed by atoms with Crippen molar-refractivity contribution in [3.8, 4) is 11.5 Å². The van der Waals surface area contributed by atoms with Gasteiger partial charge >= 0.3 is 5.97 Å². The second kappa shape index (κ2) is 2.61. The Balaban J connectivity index is 3.37. The third-order valence-corrected chi connectivity index (χ3v) is 1.34. The number of anilines is 1. The van der Waals surface area contributed by atoms with Gasteiger partial charge in [0, 0.05) is 11.8 Å². The molecule has 0 aliphatic carbocycles. The molecule has 0 unspecified atom stereocenters. The zero-order chi connectivity index (χ0) is 9.30. The molecule has 0 spiro atoms. The van der Waals surface area contributed by atoms with Crippen molar-refractivity contribution in [1.29, 1.82) is 0 Å². The SMILES string of the molecule is Nc1cc(O)c(O)c(C(=O)O)c1. The van der Waals surface area contributed by atoms with Gasteiger partial charge in [0.05, 0.1) is 0 Å². The highest BCUT2D eigenvalue weighted by atomic mass is 16.4. The number of nitrogen functional groups attached to an aromatic ring is 1. The van der Waals surface area contributed by atoms with Crippen LogP contribution in [-0.2, 0) is 0 Å². The molecule has 1 aromatic rings. The maximum atomic E-state index is 10.4. The van der Waals surface area contributed by atoms with Crippen molar-refractivity contribution in [3.05, 3.63) is 17.7 Å². The molecule has 1 aromatic carbocycles. The number of phenolic OH excluding ortho intramolecular Hbond substituents is 1. The second-order valence-electron chi connectivity index (χ2n) is 2.24. The molecule has 0 saturated heterocycles. The molecule has 5 heteroatoms. The van der Waals surface area contributed by atoms with Crippen LogP contribution in [0.3, 0.4) is 0 Å². The summed E-state index contributed by atoms with van der Waals surface area (Å²) in [5.74, 6) is -2.54. The lowest BCUT2D eigenvalue weighted by molar-refractivity contribution is 0.0693. The van der Waals surface area contributed by atoms with Gasteiger partial charge in [-0.05, 0) is 6.07 Å². The van der Waals surface area contributed by atoms with E-state index in [0.717, 1.165) is 12.1 Å². The number of carbonyl (C=O) groups is 1. The standard InChI is InChI=1S/C7H7NO4/c8-3-1-4(7(11)12)6(10)5(9)2-3/h1-2,9-10H,8H2,(H,11,12). The van der Waals surface area contributed by atoms with Crippen LogP contribution in [0.1, 0.15) is 10.4 Å². The molecule has 0 fully saturated rings. The monoisotopic (exact) mass is 169 g/mol. The summed E-state index contributed by atoms with van der Waals surface area (Å²) in [5.41, 5.74) is 4.91. The Hall–Kier alpha value is -1.91. The van der Waals surface area contributed by atoms with E-state index in [4.69, 9.17) is 21.1 Å². The average molecular weight is 169 g/mol. The molecule has 12 heavy (non-hydrogen) atoms. The number of nitrogens with two attached hydrogens (primary N) is 1. The molecular formula is C7H7NO4. The number of carboxylic acid groups (broad SMARTS) is 1. The van der Waals surface area contributed by atoms with Gasteiger partial charge in [0.2, 0.25) is 0 Å². The number of phenols is 2. The highest BCUT2D eigenvalue weighted by Gasteiger charge is 2.13. The molecule has 5 nitrogen and oxygen atoms in total. The average Bonchev–Trinajstić information content (AvgIpc) is 1.96. The molecular weight excluding hydrogens is 162 g/mol. The molecule has 0 bridgehead atoms. The van der Waals surface area contributed by atoms with Crippen LogP contribution in [0.5, 0.6) is 11.5 Å². The molecule has 1 rings (SSSR count). The van der Waals surface area contributed by atoms with E-state index in [1.54, 1.807) is 0 Å². The predicted molar refractivity (Wildman–Crippen MR) is 41.1 cm³/mol. The zero-order valence-corrected chi connectivity index (χ0v) is 5.98. The Morgan fingerprint density at radius 2 is 1.92 bits per heavy atom. The quantitative estimate of drug-likeness (QED) is 0.276. The van der Waals surface area contributed by atoms with Crippen LogP contribution < -0.4 is 5.73 Å². The van der Waals surface area contributed by atoms with Crippen molar-refractivity contribution in [1.82, 2.24) is 0 Å². The van der Waals surface area contributed by atoms with Crippen LogP contribution in [0.2, 0.25) is 0 Å². The minimum Gasteiger partial charge on any atom is -0.504 e. The summed E-state index contributed by atoms with van der Waals surface area (Å²) in [6.45, 7) is 0. The summed E-state index contributed by atoms with van der Waals surface area (Å²) in [7, 11) is 0. The lowest BCUT2D eigenvalue weighted by Crippen LogP contribution is -1.98. The fraction of sp³-hybridized carbons (Fsp3) is 0. The van der Waals surface area contributed by atoms with Gasteiger partial charge in [-0.15, -0.1) is 0 Å². The lowest BCUT2D eigenvalue weighted by Gasteiger charge is -2.02. The Morgan fingerprint density at radius 3 is 2.42 bits per heavy atom. The summed E-state index contributed by atoms with van der Waals surface area (Å²) in [5, 5.41) is 26.4. The normalized spacial score (nSPS) is 9.67. The highest BCUT2D eigenvalue weighted by Crippen LogP contribution is 2.31. The molecule has 0 aromatic heterocycles. The molecule has 0 radical (unpaired) electrons.